The van der Waals surface area contributed by atoms with E-state index in [-0.39, 0.29) is 12.0 Å². The maximum Gasteiger partial charge on any atom is 0.125 e. The van der Waals surface area contributed by atoms with Crippen LogP contribution in [-0.2, 0) is 5.60 Å². The molecule has 0 saturated carbocycles. The molecule has 0 aliphatic rings. The van der Waals surface area contributed by atoms with Crippen molar-refractivity contribution in [3.63, 3.8) is 0 Å². The molecule has 1 aromatic rings. The maximum atomic E-state index is 10.7. The lowest BCUT2D eigenvalue weighted by Gasteiger charge is -2.40. The smallest absolute Gasteiger partial charge is 0.125 e. The molecule has 16 heavy (non-hydrogen) atoms. The average molecular weight is 223 g/mol. The van der Waals surface area contributed by atoms with Crippen LogP contribution in [0.15, 0.2) is 24.3 Å². The monoisotopic (exact) mass is 223 g/mol. The van der Waals surface area contributed by atoms with Gasteiger partial charge < -0.3 is 15.6 Å². The van der Waals surface area contributed by atoms with Gasteiger partial charge in [0.05, 0.1) is 7.11 Å². The van der Waals surface area contributed by atoms with Gasteiger partial charge in [-0.2, -0.15) is 0 Å². The number of hydrogen-bond donors (Lipinski definition) is 2. The predicted molar refractivity (Wildman–Crippen MR) is 65.4 cm³/mol. The molecule has 90 valence electrons. The van der Waals surface area contributed by atoms with Gasteiger partial charge in [0.1, 0.15) is 11.4 Å². The lowest BCUT2D eigenvalue weighted by molar-refractivity contribution is -0.0572. The standard InChI is InChI=1S/C13H21NO2/c1-12(2,3)13(15,9-14)10-7-5-6-8-11(10)16-4/h5-8,15H,9,14H2,1-4H3. The predicted octanol–water partition coefficient (Wildman–Crippen LogP) is 1.89. The van der Waals surface area contributed by atoms with Gasteiger partial charge in [-0.15, -0.1) is 0 Å². The van der Waals surface area contributed by atoms with Crippen LogP contribution in [0.25, 0.3) is 0 Å². The third-order valence-electron chi connectivity index (χ3n) is 3.09. The molecule has 3 N–H and O–H groups in total. The van der Waals surface area contributed by atoms with Gasteiger partial charge >= 0.3 is 0 Å². The molecule has 3 nitrogen and oxygen atoms in total. The normalized spacial score (nSPS) is 15.6. The van der Waals surface area contributed by atoms with E-state index in [9.17, 15) is 5.11 Å². The molecule has 0 aliphatic heterocycles. The van der Waals surface area contributed by atoms with E-state index in [1.165, 1.54) is 0 Å². The highest BCUT2D eigenvalue weighted by Crippen LogP contribution is 2.42. The van der Waals surface area contributed by atoms with E-state index in [4.69, 9.17) is 10.5 Å². The van der Waals surface area contributed by atoms with Crippen LogP contribution < -0.4 is 10.5 Å². The number of nitrogens with two attached hydrogens (primary N) is 1. The lowest BCUT2D eigenvalue weighted by Crippen LogP contribution is -2.46. The fraction of sp³-hybridized carbons (Fsp3) is 0.538. The molecule has 1 atom stereocenters. The SMILES string of the molecule is COc1ccccc1C(O)(CN)C(C)(C)C. The van der Waals surface area contributed by atoms with Crippen LogP contribution in [-0.4, -0.2) is 18.8 Å². The van der Waals surface area contributed by atoms with Gasteiger partial charge in [0.25, 0.3) is 0 Å². The van der Waals surface area contributed by atoms with Gasteiger partial charge in [-0.05, 0) is 11.5 Å². The van der Waals surface area contributed by atoms with Crippen molar-refractivity contribution in [1.29, 1.82) is 0 Å². The first kappa shape index (κ1) is 13.0. The van der Waals surface area contributed by atoms with Crippen molar-refractivity contribution < 1.29 is 9.84 Å². The Kier molecular flexibility index (Phi) is 3.61. The van der Waals surface area contributed by atoms with Gasteiger partial charge in [0, 0.05) is 12.1 Å². The van der Waals surface area contributed by atoms with E-state index in [0.717, 1.165) is 5.56 Å². The Morgan fingerprint density at radius 3 is 2.25 bits per heavy atom. The molecular formula is C13H21NO2. The highest BCUT2D eigenvalue weighted by molar-refractivity contribution is 5.39. The number of benzene rings is 1. The number of methoxy groups -OCH3 is 1. The minimum atomic E-state index is -1.08. The molecule has 0 saturated heterocycles. The minimum absolute atomic E-state index is 0.164. The van der Waals surface area contributed by atoms with E-state index in [1.807, 2.05) is 45.0 Å². The van der Waals surface area contributed by atoms with Crippen LogP contribution in [0.2, 0.25) is 0 Å². The van der Waals surface area contributed by atoms with Crippen LogP contribution in [0.5, 0.6) is 5.75 Å². The molecule has 0 amide bonds. The molecule has 0 heterocycles. The van der Waals surface area contributed by atoms with Crippen molar-refractivity contribution in [2.24, 2.45) is 11.1 Å². The number of rotatable bonds is 3. The first-order valence-corrected chi connectivity index (χ1v) is 5.43. The second kappa shape index (κ2) is 4.44. The van der Waals surface area contributed by atoms with Crippen LogP contribution in [0.1, 0.15) is 26.3 Å². The zero-order valence-corrected chi connectivity index (χ0v) is 10.4. The van der Waals surface area contributed by atoms with Crippen molar-refractivity contribution in [3.05, 3.63) is 29.8 Å². The van der Waals surface area contributed by atoms with Crippen molar-refractivity contribution in [1.82, 2.24) is 0 Å². The van der Waals surface area contributed by atoms with E-state index < -0.39 is 5.60 Å². The number of aliphatic hydroxyl groups is 1. The van der Waals surface area contributed by atoms with Gasteiger partial charge in [-0.1, -0.05) is 39.0 Å². The summed E-state index contributed by atoms with van der Waals surface area (Å²) in [4.78, 5) is 0. The number of hydrogen-bond acceptors (Lipinski definition) is 3. The topological polar surface area (TPSA) is 55.5 Å². The van der Waals surface area contributed by atoms with Crippen LogP contribution in [0.4, 0.5) is 0 Å². The van der Waals surface area contributed by atoms with E-state index in [0.29, 0.717) is 5.75 Å². The summed E-state index contributed by atoms with van der Waals surface area (Å²) in [7, 11) is 1.60. The Labute approximate surface area is 97.2 Å². The molecular weight excluding hydrogens is 202 g/mol. The Morgan fingerprint density at radius 2 is 1.81 bits per heavy atom. The molecule has 0 aliphatic carbocycles. The summed E-state index contributed by atoms with van der Waals surface area (Å²) in [5.41, 5.74) is 5.05. The molecule has 1 aromatic carbocycles. The van der Waals surface area contributed by atoms with Crippen molar-refractivity contribution in [2.75, 3.05) is 13.7 Å². The third-order valence-corrected chi connectivity index (χ3v) is 3.09. The largest absolute Gasteiger partial charge is 0.496 e. The summed E-state index contributed by atoms with van der Waals surface area (Å²) in [6.45, 7) is 6.06. The average Bonchev–Trinajstić information content (AvgIpc) is 2.26. The molecule has 1 unspecified atom stereocenters. The zero-order valence-electron chi connectivity index (χ0n) is 10.4. The van der Waals surface area contributed by atoms with E-state index in [2.05, 4.69) is 0 Å². The second-order valence-corrected chi connectivity index (χ2v) is 5.01. The fourth-order valence-corrected chi connectivity index (χ4v) is 1.81. The van der Waals surface area contributed by atoms with Crippen LogP contribution in [0.3, 0.4) is 0 Å². The van der Waals surface area contributed by atoms with E-state index >= 15 is 0 Å². The lowest BCUT2D eigenvalue weighted by atomic mass is 9.72. The first-order chi connectivity index (χ1) is 7.36. The zero-order chi connectivity index (χ0) is 12.4. The molecule has 0 radical (unpaired) electrons. The second-order valence-electron chi connectivity index (χ2n) is 5.01. The Bertz CT molecular complexity index is 357. The first-order valence-electron chi connectivity index (χ1n) is 5.43. The van der Waals surface area contributed by atoms with Crippen molar-refractivity contribution in [2.45, 2.75) is 26.4 Å². The molecule has 0 aromatic heterocycles. The summed E-state index contributed by atoms with van der Waals surface area (Å²) in [6.07, 6.45) is 0. The summed E-state index contributed by atoms with van der Waals surface area (Å²) in [5.74, 6) is 0.672. The van der Waals surface area contributed by atoms with Gasteiger partial charge in [-0.25, -0.2) is 0 Å². The van der Waals surface area contributed by atoms with Gasteiger partial charge in [0.2, 0.25) is 0 Å². The maximum absolute atomic E-state index is 10.7. The third kappa shape index (κ3) is 2.06. The molecule has 1 rings (SSSR count). The Morgan fingerprint density at radius 1 is 1.25 bits per heavy atom. The van der Waals surface area contributed by atoms with Gasteiger partial charge in [-0.3, -0.25) is 0 Å². The summed E-state index contributed by atoms with van der Waals surface area (Å²) >= 11 is 0. The van der Waals surface area contributed by atoms with Crippen molar-refractivity contribution in [3.8, 4) is 5.75 Å². The quantitative estimate of drug-likeness (QED) is 0.822. The van der Waals surface area contributed by atoms with Gasteiger partial charge in [0.15, 0.2) is 0 Å². The number of ether oxygens (including phenoxy) is 1. The highest BCUT2D eigenvalue weighted by Gasteiger charge is 2.42. The summed E-state index contributed by atoms with van der Waals surface area (Å²) in [5, 5.41) is 10.7. The van der Waals surface area contributed by atoms with Crippen LogP contribution in [0, 0.1) is 5.41 Å². The van der Waals surface area contributed by atoms with Crippen LogP contribution >= 0.6 is 0 Å². The summed E-state index contributed by atoms with van der Waals surface area (Å²) < 4.78 is 5.27. The minimum Gasteiger partial charge on any atom is -0.496 e. The molecule has 0 fully saturated rings. The van der Waals surface area contributed by atoms with Crippen molar-refractivity contribution >= 4 is 0 Å². The Hall–Kier alpha value is -1.06. The molecule has 3 heteroatoms. The molecule has 0 bridgehead atoms. The number of para-hydroxylation sites is 1. The van der Waals surface area contributed by atoms with E-state index in [1.54, 1.807) is 7.11 Å². The highest BCUT2D eigenvalue weighted by atomic mass is 16.5. The Balaban J connectivity index is 3.33. The molecule has 0 spiro atoms. The fourth-order valence-electron chi connectivity index (χ4n) is 1.81. The summed E-state index contributed by atoms with van der Waals surface area (Å²) in [6, 6.07) is 7.45.